The van der Waals surface area contributed by atoms with Crippen LogP contribution in [0, 0.1) is 0 Å². The van der Waals surface area contributed by atoms with Gasteiger partial charge >= 0.3 is 6.09 Å². The highest BCUT2D eigenvalue weighted by Crippen LogP contribution is 2.16. The number of ether oxygens (including phenoxy) is 2. The van der Waals surface area contributed by atoms with Crippen LogP contribution in [0.3, 0.4) is 0 Å². The van der Waals surface area contributed by atoms with E-state index in [1.165, 1.54) is 4.90 Å². The van der Waals surface area contributed by atoms with Gasteiger partial charge in [0.05, 0.1) is 32.1 Å². The third-order valence-corrected chi connectivity index (χ3v) is 4.14. The molecular formula is C15H22N4O4. The molecule has 0 unspecified atom stereocenters. The summed E-state index contributed by atoms with van der Waals surface area (Å²) in [6, 6.07) is 0. The summed E-state index contributed by atoms with van der Waals surface area (Å²) in [4.78, 5) is 23.5. The Morgan fingerprint density at radius 2 is 2.17 bits per heavy atom. The fourth-order valence-corrected chi connectivity index (χ4v) is 2.77. The zero-order valence-corrected chi connectivity index (χ0v) is 13.1. The van der Waals surface area contributed by atoms with Gasteiger partial charge in [0.25, 0.3) is 0 Å². The second-order valence-electron chi connectivity index (χ2n) is 5.72. The Labute approximate surface area is 135 Å². The molecule has 0 saturated carbocycles. The number of hydrogen-bond donors (Lipinski definition) is 1. The van der Waals surface area contributed by atoms with Crippen molar-refractivity contribution in [2.45, 2.75) is 19.6 Å². The van der Waals surface area contributed by atoms with Crippen LogP contribution in [0.4, 0.5) is 4.79 Å². The van der Waals surface area contributed by atoms with Crippen molar-refractivity contribution in [3.05, 3.63) is 23.3 Å². The molecule has 2 aliphatic rings. The van der Waals surface area contributed by atoms with E-state index in [0.29, 0.717) is 38.5 Å². The first-order valence-electron chi connectivity index (χ1n) is 7.92. The number of hydrogen-bond acceptors (Lipinski definition) is 6. The Hall–Kier alpha value is -1.77. The zero-order chi connectivity index (χ0) is 16.1. The molecule has 126 valence electrons. The number of nitrogens with zero attached hydrogens (tertiary/aromatic N) is 4. The van der Waals surface area contributed by atoms with E-state index in [4.69, 9.17) is 14.6 Å². The van der Waals surface area contributed by atoms with E-state index >= 15 is 0 Å². The Balaban J connectivity index is 1.45. The molecule has 0 radical (unpaired) electrons. The van der Waals surface area contributed by atoms with Crippen LogP contribution in [0.5, 0.6) is 0 Å². The maximum atomic E-state index is 11.0. The molecular weight excluding hydrogens is 300 g/mol. The van der Waals surface area contributed by atoms with E-state index in [9.17, 15) is 4.79 Å². The van der Waals surface area contributed by atoms with Gasteiger partial charge in [0.15, 0.2) is 5.82 Å². The van der Waals surface area contributed by atoms with E-state index in [1.54, 1.807) is 6.20 Å². The Bertz CT molecular complexity index is 548. The Morgan fingerprint density at radius 1 is 1.35 bits per heavy atom. The van der Waals surface area contributed by atoms with E-state index in [2.05, 4.69) is 14.9 Å². The molecule has 8 nitrogen and oxygen atoms in total. The fraction of sp³-hybridized carbons (Fsp3) is 0.667. The first-order valence-corrected chi connectivity index (χ1v) is 7.92. The third-order valence-electron chi connectivity index (χ3n) is 4.14. The van der Waals surface area contributed by atoms with Crippen LogP contribution >= 0.6 is 0 Å². The van der Waals surface area contributed by atoms with Gasteiger partial charge in [0.2, 0.25) is 0 Å². The monoisotopic (exact) mass is 322 g/mol. The summed E-state index contributed by atoms with van der Waals surface area (Å²) in [5.41, 5.74) is 1.82. The van der Waals surface area contributed by atoms with Crippen LogP contribution in [0.1, 0.15) is 17.1 Å². The van der Waals surface area contributed by atoms with E-state index < -0.39 is 6.09 Å². The molecule has 1 aromatic rings. The second kappa shape index (κ2) is 7.67. The molecule has 1 aromatic heterocycles. The van der Waals surface area contributed by atoms with Gasteiger partial charge in [-0.05, 0) is 0 Å². The van der Waals surface area contributed by atoms with E-state index in [1.807, 2.05) is 0 Å². The number of carbonyl (C=O) groups is 1. The van der Waals surface area contributed by atoms with Crippen molar-refractivity contribution >= 4 is 6.09 Å². The van der Waals surface area contributed by atoms with Crippen molar-refractivity contribution in [2.75, 3.05) is 46.0 Å². The molecule has 1 saturated heterocycles. The minimum Gasteiger partial charge on any atom is -0.465 e. The minimum absolute atomic E-state index is 0.364. The van der Waals surface area contributed by atoms with Crippen LogP contribution in [-0.4, -0.2) is 77.0 Å². The molecule has 1 amide bonds. The lowest BCUT2D eigenvalue weighted by atomic mass is 10.1. The Kier molecular flexibility index (Phi) is 5.37. The van der Waals surface area contributed by atoms with Gasteiger partial charge in [-0.3, -0.25) is 4.90 Å². The van der Waals surface area contributed by atoms with Crippen molar-refractivity contribution in [2.24, 2.45) is 0 Å². The maximum Gasteiger partial charge on any atom is 0.407 e. The first kappa shape index (κ1) is 16.1. The van der Waals surface area contributed by atoms with Gasteiger partial charge in [-0.1, -0.05) is 0 Å². The number of morpholine rings is 1. The van der Waals surface area contributed by atoms with Crippen LogP contribution in [0.25, 0.3) is 0 Å². The lowest BCUT2D eigenvalue weighted by Gasteiger charge is -2.26. The molecule has 1 fully saturated rings. The smallest absolute Gasteiger partial charge is 0.407 e. The van der Waals surface area contributed by atoms with Crippen LogP contribution < -0.4 is 0 Å². The van der Waals surface area contributed by atoms with Crippen LogP contribution in [-0.2, 0) is 29.0 Å². The normalized spacial score (nSPS) is 18.7. The number of aromatic nitrogens is 2. The SMILES string of the molecule is O=C(O)N1CCc2nc(COCCN3CCOCC3)ncc2C1. The number of rotatable bonds is 5. The average molecular weight is 322 g/mol. The predicted octanol–water partition coefficient (Wildman–Crippen LogP) is 0.362. The molecule has 0 spiro atoms. The van der Waals surface area contributed by atoms with Gasteiger partial charge in [0, 0.05) is 44.4 Å². The number of fused-ring (bicyclic) bond motifs is 1. The van der Waals surface area contributed by atoms with E-state index in [-0.39, 0.29) is 0 Å². The molecule has 3 heterocycles. The molecule has 3 rings (SSSR count). The number of carboxylic acid groups (broad SMARTS) is 1. The quantitative estimate of drug-likeness (QED) is 0.783. The zero-order valence-electron chi connectivity index (χ0n) is 13.1. The Morgan fingerprint density at radius 3 is 2.96 bits per heavy atom. The lowest BCUT2D eigenvalue weighted by Crippen LogP contribution is -2.38. The average Bonchev–Trinajstić information content (AvgIpc) is 2.59. The molecule has 1 N–H and O–H groups in total. The second-order valence-corrected chi connectivity index (χ2v) is 5.72. The summed E-state index contributed by atoms with van der Waals surface area (Å²) in [6.45, 7) is 6.27. The molecule has 0 aromatic carbocycles. The highest BCUT2D eigenvalue weighted by Gasteiger charge is 2.21. The molecule has 23 heavy (non-hydrogen) atoms. The molecule has 0 aliphatic carbocycles. The molecule has 2 aliphatic heterocycles. The topological polar surface area (TPSA) is 88.0 Å². The first-order chi connectivity index (χ1) is 11.2. The fourth-order valence-electron chi connectivity index (χ4n) is 2.77. The standard InChI is InChI=1S/C15H22N4O4/c20-15(21)19-2-1-13-12(10-19)9-16-14(17-13)11-23-8-5-18-3-6-22-7-4-18/h9H,1-8,10-11H2,(H,20,21). The van der Waals surface area contributed by atoms with Crippen molar-refractivity contribution in [1.29, 1.82) is 0 Å². The third kappa shape index (κ3) is 4.37. The number of amides is 1. The van der Waals surface area contributed by atoms with Gasteiger partial charge in [-0.25, -0.2) is 14.8 Å². The molecule has 0 bridgehead atoms. The summed E-state index contributed by atoms with van der Waals surface area (Å²) in [5, 5.41) is 9.02. The van der Waals surface area contributed by atoms with Gasteiger partial charge < -0.3 is 19.5 Å². The highest BCUT2D eigenvalue weighted by atomic mass is 16.5. The van der Waals surface area contributed by atoms with Crippen molar-refractivity contribution < 1.29 is 19.4 Å². The van der Waals surface area contributed by atoms with Gasteiger partial charge in [-0.15, -0.1) is 0 Å². The predicted molar refractivity (Wildman–Crippen MR) is 81.1 cm³/mol. The van der Waals surface area contributed by atoms with Crippen LogP contribution in [0.15, 0.2) is 6.20 Å². The molecule has 0 atom stereocenters. The van der Waals surface area contributed by atoms with Crippen LogP contribution in [0.2, 0.25) is 0 Å². The van der Waals surface area contributed by atoms with Gasteiger partial charge in [0.1, 0.15) is 6.61 Å². The van der Waals surface area contributed by atoms with Crippen molar-refractivity contribution in [1.82, 2.24) is 19.8 Å². The van der Waals surface area contributed by atoms with Crippen molar-refractivity contribution in [3.63, 3.8) is 0 Å². The maximum absolute atomic E-state index is 11.0. The largest absolute Gasteiger partial charge is 0.465 e. The van der Waals surface area contributed by atoms with Crippen molar-refractivity contribution in [3.8, 4) is 0 Å². The lowest BCUT2D eigenvalue weighted by molar-refractivity contribution is 0.0172. The molecule has 8 heteroatoms. The minimum atomic E-state index is -0.897. The summed E-state index contributed by atoms with van der Waals surface area (Å²) >= 11 is 0. The van der Waals surface area contributed by atoms with Gasteiger partial charge in [-0.2, -0.15) is 0 Å². The summed E-state index contributed by atoms with van der Waals surface area (Å²) in [5.74, 6) is 0.662. The summed E-state index contributed by atoms with van der Waals surface area (Å²) in [7, 11) is 0. The highest BCUT2D eigenvalue weighted by molar-refractivity contribution is 5.65. The van der Waals surface area contributed by atoms with E-state index in [0.717, 1.165) is 44.1 Å². The summed E-state index contributed by atoms with van der Waals surface area (Å²) in [6.07, 6.45) is 1.45. The summed E-state index contributed by atoms with van der Waals surface area (Å²) < 4.78 is 11.0.